The summed E-state index contributed by atoms with van der Waals surface area (Å²) in [4.78, 5) is 6.96. The predicted octanol–water partition coefficient (Wildman–Crippen LogP) is 3.81. The lowest BCUT2D eigenvalue weighted by Gasteiger charge is -2.28. The van der Waals surface area contributed by atoms with Crippen molar-refractivity contribution in [2.24, 2.45) is 0 Å². The van der Waals surface area contributed by atoms with Gasteiger partial charge in [-0.3, -0.25) is 9.88 Å². The molecule has 124 valence electrons. The molecule has 2 aromatic heterocycles. The fourth-order valence-electron chi connectivity index (χ4n) is 3.32. The Balaban J connectivity index is 1.87. The van der Waals surface area contributed by atoms with Gasteiger partial charge in [-0.15, -0.1) is 0 Å². The van der Waals surface area contributed by atoms with E-state index in [4.69, 9.17) is 13.9 Å². The summed E-state index contributed by atoms with van der Waals surface area (Å²) in [7, 11) is 3.31. The molecule has 0 spiro atoms. The van der Waals surface area contributed by atoms with Gasteiger partial charge in [-0.1, -0.05) is 12.8 Å². The van der Waals surface area contributed by atoms with E-state index < -0.39 is 0 Å². The van der Waals surface area contributed by atoms with Crippen LogP contribution in [0, 0.1) is 0 Å². The average molecular weight is 316 g/mol. The van der Waals surface area contributed by atoms with E-state index in [1.54, 1.807) is 26.7 Å². The Morgan fingerprint density at radius 1 is 1.22 bits per heavy atom. The number of furan rings is 1. The zero-order valence-corrected chi connectivity index (χ0v) is 13.8. The van der Waals surface area contributed by atoms with E-state index in [1.807, 2.05) is 12.1 Å². The van der Waals surface area contributed by atoms with Crippen LogP contribution in [-0.2, 0) is 6.54 Å². The van der Waals surface area contributed by atoms with Crippen molar-refractivity contribution in [3.63, 3.8) is 0 Å². The highest BCUT2D eigenvalue weighted by molar-refractivity contribution is 5.42. The van der Waals surface area contributed by atoms with Crippen molar-refractivity contribution in [3.8, 4) is 11.5 Å². The molecule has 3 rings (SSSR count). The van der Waals surface area contributed by atoms with Crippen LogP contribution in [-0.4, -0.2) is 30.6 Å². The summed E-state index contributed by atoms with van der Waals surface area (Å²) in [5, 5.41) is 0. The van der Waals surface area contributed by atoms with Gasteiger partial charge in [-0.25, -0.2) is 0 Å². The molecule has 1 aliphatic rings. The number of ether oxygens (including phenoxy) is 2. The summed E-state index contributed by atoms with van der Waals surface area (Å²) in [5.41, 5.74) is 0.908. The molecule has 1 aliphatic heterocycles. The SMILES string of the molecule is COc1ccnc(CN2CCCCC[C@@H]2c2ccco2)c1OC. The summed E-state index contributed by atoms with van der Waals surface area (Å²) >= 11 is 0. The Hall–Kier alpha value is -2.01. The Labute approximate surface area is 137 Å². The molecule has 0 radical (unpaired) electrons. The summed E-state index contributed by atoms with van der Waals surface area (Å²) in [6.45, 7) is 1.76. The topological polar surface area (TPSA) is 47.7 Å². The summed E-state index contributed by atoms with van der Waals surface area (Å²) in [5.74, 6) is 2.48. The van der Waals surface area contributed by atoms with E-state index in [0.717, 1.165) is 42.5 Å². The number of methoxy groups -OCH3 is 2. The van der Waals surface area contributed by atoms with Crippen LogP contribution in [0.25, 0.3) is 0 Å². The molecule has 5 heteroatoms. The zero-order valence-electron chi connectivity index (χ0n) is 13.8. The molecule has 0 N–H and O–H groups in total. The Morgan fingerprint density at radius 3 is 2.87 bits per heavy atom. The number of likely N-dealkylation sites (tertiary alicyclic amines) is 1. The maximum atomic E-state index is 5.68. The van der Waals surface area contributed by atoms with Crippen molar-refractivity contribution < 1.29 is 13.9 Å². The molecule has 2 aromatic rings. The van der Waals surface area contributed by atoms with E-state index >= 15 is 0 Å². The first-order valence-corrected chi connectivity index (χ1v) is 8.16. The third kappa shape index (κ3) is 3.50. The van der Waals surface area contributed by atoms with Crippen LogP contribution < -0.4 is 9.47 Å². The van der Waals surface area contributed by atoms with Crippen molar-refractivity contribution in [1.29, 1.82) is 0 Å². The second-order valence-electron chi connectivity index (χ2n) is 5.84. The smallest absolute Gasteiger partial charge is 0.183 e. The molecule has 0 saturated carbocycles. The molecular weight excluding hydrogens is 292 g/mol. The van der Waals surface area contributed by atoms with Gasteiger partial charge in [0.05, 0.1) is 26.5 Å². The third-order valence-corrected chi connectivity index (χ3v) is 4.45. The monoisotopic (exact) mass is 316 g/mol. The molecule has 0 unspecified atom stereocenters. The molecule has 3 heterocycles. The Bertz CT molecular complexity index is 613. The van der Waals surface area contributed by atoms with Crippen LogP contribution >= 0.6 is 0 Å². The molecule has 5 nitrogen and oxygen atoms in total. The van der Waals surface area contributed by atoms with Gasteiger partial charge >= 0.3 is 0 Å². The van der Waals surface area contributed by atoms with Crippen LogP contribution in [0.4, 0.5) is 0 Å². The number of pyridine rings is 1. The second kappa shape index (κ2) is 7.51. The molecule has 1 saturated heterocycles. The van der Waals surface area contributed by atoms with Crippen LogP contribution in [0.1, 0.15) is 43.2 Å². The highest BCUT2D eigenvalue weighted by Gasteiger charge is 2.26. The number of rotatable bonds is 5. The quantitative estimate of drug-likeness (QED) is 0.839. The molecule has 1 fully saturated rings. The summed E-state index contributed by atoms with van der Waals surface area (Å²) < 4.78 is 16.6. The van der Waals surface area contributed by atoms with E-state index in [0.29, 0.717) is 6.04 Å². The van der Waals surface area contributed by atoms with E-state index in [1.165, 1.54) is 19.3 Å². The minimum Gasteiger partial charge on any atom is -0.493 e. The van der Waals surface area contributed by atoms with Crippen molar-refractivity contribution in [1.82, 2.24) is 9.88 Å². The van der Waals surface area contributed by atoms with Gasteiger partial charge in [0.15, 0.2) is 11.5 Å². The first-order valence-electron chi connectivity index (χ1n) is 8.16. The predicted molar refractivity (Wildman–Crippen MR) is 87.7 cm³/mol. The van der Waals surface area contributed by atoms with Gasteiger partial charge in [0.1, 0.15) is 11.5 Å². The molecule has 0 bridgehead atoms. The molecule has 1 atom stereocenters. The van der Waals surface area contributed by atoms with Crippen molar-refractivity contribution >= 4 is 0 Å². The van der Waals surface area contributed by atoms with Crippen LogP contribution in [0.15, 0.2) is 35.1 Å². The van der Waals surface area contributed by atoms with Crippen molar-refractivity contribution in [3.05, 3.63) is 42.1 Å². The highest BCUT2D eigenvalue weighted by atomic mass is 16.5. The second-order valence-corrected chi connectivity index (χ2v) is 5.84. The standard InChI is InChI=1S/C18H24N2O3/c1-21-17-9-10-19-14(18(17)22-2)13-20-11-5-3-4-7-15(20)16-8-6-12-23-16/h6,8-10,12,15H,3-5,7,11,13H2,1-2H3/t15-/m1/s1. The van der Waals surface area contributed by atoms with Crippen molar-refractivity contribution in [2.75, 3.05) is 20.8 Å². The fraction of sp³-hybridized carbons (Fsp3) is 0.500. The van der Waals surface area contributed by atoms with Crippen LogP contribution in [0.2, 0.25) is 0 Å². The Kier molecular flexibility index (Phi) is 5.18. The van der Waals surface area contributed by atoms with Gasteiger partial charge in [0.25, 0.3) is 0 Å². The molecule has 0 aliphatic carbocycles. The van der Waals surface area contributed by atoms with Gasteiger partial charge in [-0.05, 0) is 31.5 Å². The van der Waals surface area contributed by atoms with Gasteiger partial charge in [-0.2, -0.15) is 0 Å². The molecule has 23 heavy (non-hydrogen) atoms. The Morgan fingerprint density at radius 2 is 2.13 bits per heavy atom. The molecule has 0 amide bonds. The number of aromatic nitrogens is 1. The summed E-state index contributed by atoms with van der Waals surface area (Å²) in [6.07, 6.45) is 8.32. The summed E-state index contributed by atoms with van der Waals surface area (Å²) in [6, 6.07) is 6.15. The van der Waals surface area contributed by atoms with Crippen molar-refractivity contribution in [2.45, 2.75) is 38.3 Å². The molecular formula is C18H24N2O3. The van der Waals surface area contributed by atoms with E-state index in [9.17, 15) is 0 Å². The van der Waals surface area contributed by atoms with Gasteiger partial charge < -0.3 is 13.9 Å². The molecule has 0 aromatic carbocycles. The lowest BCUT2D eigenvalue weighted by Crippen LogP contribution is -2.28. The maximum absolute atomic E-state index is 5.68. The lowest BCUT2D eigenvalue weighted by atomic mass is 10.1. The first kappa shape index (κ1) is 15.9. The third-order valence-electron chi connectivity index (χ3n) is 4.45. The largest absolute Gasteiger partial charge is 0.493 e. The average Bonchev–Trinajstić information content (AvgIpc) is 3.02. The normalized spacial score (nSPS) is 19.3. The minimum atomic E-state index is 0.296. The maximum Gasteiger partial charge on any atom is 0.183 e. The number of hydrogen-bond acceptors (Lipinski definition) is 5. The van der Waals surface area contributed by atoms with Crippen LogP contribution in [0.5, 0.6) is 11.5 Å². The number of hydrogen-bond donors (Lipinski definition) is 0. The minimum absolute atomic E-state index is 0.296. The van der Waals surface area contributed by atoms with E-state index in [2.05, 4.69) is 16.0 Å². The first-order chi connectivity index (χ1) is 11.3. The van der Waals surface area contributed by atoms with E-state index in [-0.39, 0.29) is 0 Å². The number of nitrogens with zero attached hydrogens (tertiary/aromatic N) is 2. The van der Waals surface area contributed by atoms with Gasteiger partial charge in [0.2, 0.25) is 0 Å². The van der Waals surface area contributed by atoms with Crippen LogP contribution in [0.3, 0.4) is 0 Å². The zero-order chi connectivity index (χ0) is 16.1. The van der Waals surface area contributed by atoms with Gasteiger partial charge in [0, 0.05) is 18.8 Å². The highest BCUT2D eigenvalue weighted by Crippen LogP contribution is 2.35. The fourth-order valence-corrected chi connectivity index (χ4v) is 3.32. The lowest BCUT2D eigenvalue weighted by molar-refractivity contribution is 0.165.